The summed E-state index contributed by atoms with van der Waals surface area (Å²) in [5.41, 5.74) is 2.45. The number of hydrogen-bond donors (Lipinski definition) is 1. The predicted octanol–water partition coefficient (Wildman–Crippen LogP) is 3.80. The van der Waals surface area contributed by atoms with Crippen LogP contribution in [0.5, 0.6) is 11.5 Å². The standard InChI is InChI=1S/C19H20N4O3/c1-12(2)10-20-16-9-8-13(11-21-16)19-22-18(23-26-19)14-6-5-7-15(24-3)17(14)25-4/h5-9,11H,1,10H2,2-4H3,(H,20,21). The van der Waals surface area contributed by atoms with Gasteiger partial charge in [0.25, 0.3) is 5.89 Å². The largest absolute Gasteiger partial charge is 0.493 e. The maximum atomic E-state index is 5.42. The van der Waals surface area contributed by atoms with Crippen molar-refractivity contribution in [2.24, 2.45) is 0 Å². The first-order valence-corrected chi connectivity index (χ1v) is 8.02. The van der Waals surface area contributed by atoms with Crippen LogP contribution in [0.25, 0.3) is 22.8 Å². The molecular formula is C19H20N4O3. The summed E-state index contributed by atoms with van der Waals surface area (Å²) in [7, 11) is 3.15. The van der Waals surface area contributed by atoms with Crippen LogP contribution in [0, 0.1) is 0 Å². The molecule has 0 aliphatic carbocycles. The number of ether oxygens (including phenoxy) is 2. The highest BCUT2D eigenvalue weighted by Gasteiger charge is 2.17. The Balaban J connectivity index is 1.85. The fourth-order valence-corrected chi connectivity index (χ4v) is 2.38. The summed E-state index contributed by atoms with van der Waals surface area (Å²) in [4.78, 5) is 8.80. The predicted molar refractivity (Wildman–Crippen MR) is 99.4 cm³/mol. The first-order valence-electron chi connectivity index (χ1n) is 8.02. The molecule has 3 aromatic rings. The zero-order valence-corrected chi connectivity index (χ0v) is 14.9. The van der Waals surface area contributed by atoms with Crippen LogP contribution in [0.1, 0.15) is 6.92 Å². The molecule has 7 heteroatoms. The van der Waals surface area contributed by atoms with Crippen molar-refractivity contribution in [3.8, 4) is 34.3 Å². The number of aromatic nitrogens is 3. The molecule has 0 spiro atoms. The fraction of sp³-hybridized carbons (Fsp3) is 0.211. The molecule has 0 aliphatic rings. The summed E-state index contributed by atoms with van der Waals surface area (Å²) in [6.07, 6.45) is 1.68. The van der Waals surface area contributed by atoms with E-state index in [0.717, 1.165) is 17.0 Å². The van der Waals surface area contributed by atoms with Crippen LogP contribution in [-0.2, 0) is 0 Å². The van der Waals surface area contributed by atoms with E-state index in [1.165, 1.54) is 0 Å². The normalized spacial score (nSPS) is 10.4. The Morgan fingerprint density at radius 2 is 2.04 bits per heavy atom. The van der Waals surface area contributed by atoms with E-state index < -0.39 is 0 Å². The van der Waals surface area contributed by atoms with E-state index in [2.05, 4.69) is 27.0 Å². The molecule has 0 aliphatic heterocycles. The molecule has 0 unspecified atom stereocenters. The minimum absolute atomic E-state index is 0.379. The van der Waals surface area contributed by atoms with Crippen LogP contribution < -0.4 is 14.8 Å². The summed E-state index contributed by atoms with van der Waals surface area (Å²) in [6.45, 7) is 6.48. The van der Waals surface area contributed by atoms with Gasteiger partial charge < -0.3 is 19.3 Å². The lowest BCUT2D eigenvalue weighted by molar-refractivity contribution is 0.355. The number of methoxy groups -OCH3 is 2. The lowest BCUT2D eigenvalue weighted by Gasteiger charge is -2.09. The summed E-state index contributed by atoms with van der Waals surface area (Å²) >= 11 is 0. The molecule has 0 bridgehead atoms. The first-order chi connectivity index (χ1) is 12.6. The first kappa shape index (κ1) is 17.5. The number of rotatable bonds is 7. The van der Waals surface area contributed by atoms with Crippen molar-refractivity contribution in [1.82, 2.24) is 15.1 Å². The third-order valence-corrected chi connectivity index (χ3v) is 3.65. The van der Waals surface area contributed by atoms with Crippen LogP contribution in [0.3, 0.4) is 0 Å². The molecule has 1 aromatic carbocycles. The van der Waals surface area contributed by atoms with Crippen LogP contribution in [-0.4, -0.2) is 35.9 Å². The smallest absolute Gasteiger partial charge is 0.259 e. The Kier molecular flexibility index (Phi) is 5.17. The molecule has 1 N–H and O–H groups in total. The zero-order chi connectivity index (χ0) is 18.5. The third-order valence-electron chi connectivity index (χ3n) is 3.65. The van der Waals surface area contributed by atoms with Gasteiger partial charge in [-0.15, -0.1) is 0 Å². The van der Waals surface area contributed by atoms with E-state index in [4.69, 9.17) is 14.0 Å². The summed E-state index contributed by atoms with van der Waals surface area (Å²) in [6, 6.07) is 9.22. The molecule has 2 aromatic heterocycles. The van der Waals surface area contributed by atoms with Gasteiger partial charge in [-0.3, -0.25) is 0 Å². The van der Waals surface area contributed by atoms with Crippen LogP contribution >= 0.6 is 0 Å². The summed E-state index contributed by atoms with van der Waals surface area (Å²) < 4.78 is 16.1. The van der Waals surface area contributed by atoms with E-state index in [9.17, 15) is 0 Å². The van der Waals surface area contributed by atoms with Crippen molar-refractivity contribution in [2.45, 2.75) is 6.92 Å². The second kappa shape index (κ2) is 7.69. The fourth-order valence-electron chi connectivity index (χ4n) is 2.38. The molecule has 0 saturated heterocycles. The molecule has 0 atom stereocenters. The molecule has 0 saturated carbocycles. The van der Waals surface area contributed by atoms with Crippen molar-refractivity contribution in [3.05, 3.63) is 48.7 Å². The van der Waals surface area contributed by atoms with Crippen molar-refractivity contribution in [1.29, 1.82) is 0 Å². The number of benzene rings is 1. The maximum Gasteiger partial charge on any atom is 0.259 e. The van der Waals surface area contributed by atoms with Crippen LogP contribution in [0.2, 0.25) is 0 Å². The van der Waals surface area contributed by atoms with Crippen LogP contribution in [0.4, 0.5) is 5.82 Å². The average Bonchev–Trinajstić information content (AvgIpc) is 3.16. The number of para-hydroxylation sites is 1. The highest BCUT2D eigenvalue weighted by molar-refractivity contribution is 5.69. The van der Waals surface area contributed by atoms with Gasteiger partial charge in [0.1, 0.15) is 5.82 Å². The second-order valence-electron chi connectivity index (χ2n) is 5.71. The molecular weight excluding hydrogens is 332 g/mol. The molecule has 2 heterocycles. The van der Waals surface area contributed by atoms with Crippen molar-refractivity contribution in [3.63, 3.8) is 0 Å². The number of hydrogen-bond acceptors (Lipinski definition) is 7. The van der Waals surface area contributed by atoms with Gasteiger partial charge in [-0.25, -0.2) is 4.98 Å². The average molecular weight is 352 g/mol. The Hall–Kier alpha value is -3.35. The number of nitrogens with one attached hydrogen (secondary N) is 1. The van der Waals surface area contributed by atoms with Crippen LogP contribution in [0.15, 0.2) is 53.2 Å². The molecule has 0 amide bonds. The number of anilines is 1. The van der Waals surface area contributed by atoms with Gasteiger partial charge in [0.2, 0.25) is 5.82 Å². The molecule has 0 fully saturated rings. The van der Waals surface area contributed by atoms with Gasteiger partial charge in [0.15, 0.2) is 11.5 Å². The lowest BCUT2D eigenvalue weighted by atomic mass is 10.1. The molecule has 0 radical (unpaired) electrons. The maximum absolute atomic E-state index is 5.42. The summed E-state index contributed by atoms with van der Waals surface area (Å²) in [5.74, 6) is 2.71. The van der Waals surface area contributed by atoms with Gasteiger partial charge in [0, 0.05) is 12.7 Å². The number of pyridine rings is 1. The Bertz CT molecular complexity index is 903. The van der Waals surface area contributed by atoms with E-state index in [0.29, 0.717) is 35.3 Å². The highest BCUT2D eigenvalue weighted by Crippen LogP contribution is 2.37. The summed E-state index contributed by atoms with van der Waals surface area (Å²) in [5, 5.41) is 7.23. The van der Waals surface area contributed by atoms with Crippen molar-refractivity contribution in [2.75, 3.05) is 26.1 Å². The molecule has 3 rings (SSSR count). The van der Waals surface area contributed by atoms with Gasteiger partial charge in [-0.05, 0) is 31.2 Å². The van der Waals surface area contributed by atoms with Gasteiger partial charge in [0.05, 0.1) is 25.3 Å². The SMILES string of the molecule is C=C(C)CNc1ccc(-c2nc(-c3cccc(OC)c3OC)no2)cn1. The topological polar surface area (TPSA) is 82.3 Å². The van der Waals surface area contributed by atoms with E-state index in [1.54, 1.807) is 20.4 Å². The van der Waals surface area contributed by atoms with Crippen molar-refractivity contribution < 1.29 is 14.0 Å². The molecule has 134 valence electrons. The molecule has 7 nitrogen and oxygen atoms in total. The van der Waals surface area contributed by atoms with Gasteiger partial charge in [-0.1, -0.05) is 23.4 Å². The lowest BCUT2D eigenvalue weighted by Crippen LogP contribution is -2.03. The number of nitrogens with zero attached hydrogens (tertiary/aromatic N) is 3. The second-order valence-corrected chi connectivity index (χ2v) is 5.71. The minimum Gasteiger partial charge on any atom is -0.493 e. The zero-order valence-electron chi connectivity index (χ0n) is 14.9. The Morgan fingerprint density at radius 3 is 2.69 bits per heavy atom. The minimum atomic E-state index is 0.379. The highest BCUT2D eigenvalue weighted by atomic mass is 16.5. The Morgan fingerprint density at radius 1 is 1.19 bits per heavy atom. The third kappa shape index (κ3) is 3.66. The Labute approximate surface area is 151 Å². The van der Waals surface area contributed by atoms with E-state index >= 15 is 0 Å². The van der Waals surface area contributed by atoms with E-state index in [1.807, 2.05) is 37.3 Å². The molecule has 26 heavy (non-hydrogen) atoms. The van der Waals surface area contributed by atoms with Crippen molar-refractivity contribution >= 4 is 5.82 Å². The van der Waals surface area contributed by atoms with Gasteiger partial charge in [-0.2, -0.15) is 4.98 Å². The van der Waals surface area contributed by atoms with Gasteiger partial charge >= 0.3 is 0 Å². The van der Waals surface area contributed by atoms with E-state index in [-0.39, 0.29) is 0 Å². The monoisotopic (exact) mass is 352 g/mol. The quantitative estimate of drug-likeness (QED) is 0.648.